The summed E-state index contributed by atoms with van der Waals surface area (Å²) in [6, 6.07) is 13.0. The molecular weight excluding hydrogens is 697 g/mol. The van der Waals surface area contributed by atoms with Crippen molar-refractivity contribution in [2.45, 2.75) is 71.0 Å². The van der Waals surface area contributed by atoms with Gasteiger partial charge in [0.05, 0.1) is 47.3 Å². The fourth-order valence-corrected chi connectivity index (χ4v) is 8.72. The van der Waals surface area contributed by atoms with E-state index in [2.05, 4.69) is 45.3 Å². The van der Waals surface area contributed by atoms with Crippen molar-refractivity contribution < 1.29 is 27.9 Å². The van der Waals surface area contributed by atoms with Gasteiger partial charge < -0.3 is 24.5 Å². The molecule has 2 amide bonds. The molecule has 5 heterocycles. The van der Waals surface area contributed by atoms with E-state index in [1.807, 2.05) is 32.0 Å². The van der Waals surface area contributed by atoms with Crippen molar-refractivity contribution in [2.24, 2.45) is 11.3 Å². The fourth-order valence-electron chi connectivity index (χ4n) is 7.73. The van der Waals surface area contributed by atoms with Crippen LogP contribution in [0.2, 0.25) is 0 Å². The van der Waals surface area contributed by atoms with Crippen LogP contribution in [0.3, 0.4) is 0 Å². The van der Waals surface area contributed by atoms with Gasteiger partial charge in [-0.05, 0) is 61.4 Å². The van der Waals surface area contributed by atoms with Gasteiger partial charge in [-0.2, -0.15) is 4.98 Å². The van der Waals surface area contributed by atoms with Crippen molar-refractivity contribution in [3.05, 3.63) is 83.3 Å². The van der Waals surface area contributed by atoms with Gasteiger partial charge >= 0.3 is 6.09 Å². The highest BCUT2D eigenvalue weighted by Gasteiger charge is 2.43. The number of benzene rings is 2. The third-order valence-electron chi connectivity index (χ3n) is 10.1. The van der Waals surface area contributed by atoms with Gasteiger partial charge in [0, 0.05) is 42.7 Å². The number of ether oxygens (including phenoxy) is 1. The first kappa shape index (κ1) is 36.1. The summed E-state index contributed by atoms with van der Waals surface area (Å²) < 4.78 is 36.5. The van der Waals surface area contributed by atoms with Crippen molar-refractivity contribution in [3.8, 4) is 17.1 Å². The zero-order chi connectivity index (χ0) is 37.7. The Bertz CT molecular complexity index is 2150. The van der Waals surface area contributed by atoms with E-state index in [0.29, 0.717) is 36.7 Å². The molecule has 0 spiro atoms. The molecule has 2 unspecified atom stereocenters. The van der Waals surface area contributed by atoms with Gasteiger partial charge in [-0.3, -0.25) is 9.78 Å². The number of sulfonamides is 1. The Morgan fingerprint density at radius 3 is 2.51 bits per heavy atom. The smallest absolute Gasteiger partial charge is 0.407 e. The zero-order valence-electron chi connectivity index (χ0n) is 30.5. The van der Waals surface area contributed by atoms with Gasteiger partial charge in [-0.25, -0.2) is 27.9 Å². The van der Waals surface area contributed by atoms with Crippen LogP contribution in [-0.2, 0) is 16.6 Å². The summed E-state index contributed by atoms with van der Waals surface area (Å²) in [4.78, 5) is 50.0. The van der Waals surface area contributed by atoms with Gasteiger partial charge in [0.2, 0.25) is 11.8 Å². The second-order valence-electron chi connectivity index (χ2n) is 15.3. The van der Waals surface area contributed by atoms with Crippen molar-refractivity contribution in [1.29, 1.82) is 0 Å². The number of nitrogens with zero attached hydrogens (tertiary/aromatic N) is 7. The highest BCUT2D eigenvalue weighted by atomic mass is 32.2. The number of aryl methyl sites for hydroxylation is 2. The summed E-state index contributed by atoms with van der Waals surface area (Å²) in [5.41, 5.74) is 3.71. The molecule has 3 aliphatic heterocycles. The standard InChI is InChI=1S/C38H44N8O6S/c1-23-8-6-9-24(2)34(23)30-15-33-42-36(41-30)43-53(50,51)29-11-7-10-25(14-29)35(47)46(28(22-52-33)16-38(3,4)5)20-27-17-39-18-32(40-27)45-13-12-26-19-44(37(48)49)21-31(26)45/h6-11,14-15,17-18,26,28,31H,12-13,16,19-22H2,1-5H3,(H,48,49)(H,41,42,43)/t26?,28-,31?/m1/s1. The minimum atomic E-state index is -4.22. The molecule has 2 N–H and O–H groups in total. The summed E-state index contributed by atoms with van der Waals surface area (Å²) in [6.07, 6.45) is 3.75. The molecule has 2 aromatic carbocycles. The molecule has 53 heavy (non-hydrogen) atoms. The Morgan fingerprint density at radius 1 is 1.02 bits per heavy atom. The number of fused-ring (bicyclic) bond motifs is 5. The summed E-state index contributed by atoms with van der Waals surface area (Å²) in [5, 5.41) is 9.60. The lowest BCUT2D eigenvalue weighted by Gasteiger charge is -2.35. The topological polar surface area (TPSA) is 171 Å². The molecule has 4 bridgehead atoms. The summed E-state index contributed by atoms with van der Waals surface area (Å²) in [6.45, 7) is 11.9. The largest absolute Gasteiger partial charge is 0.475 e. The maximum atomic E-state index is 14.6. The number of carbonyl (C=O) groups is 2. The minimum Gasteiger partial charge on any atom is -0.475 e. The fraction of sp³-hybridized carbons (Fsp3) is 0.421. The number of hydrogen-bond acceptors (Lipinski definition) is 10. The molecule has 3 atom stereocenters. The van der Waals surface area contributed by atoms with E-state index in [9.17, 15) is 23.1 Å². The number of amides is 2. The molecule has 15 heteroatoms. The third kappa shape index (κ3) is 7.61. The van der Waals surface area contributed by atoms with E-state index >= 15 is 0 Å². The second-order valence-corrected chi connectivity index (χ2v) is 17.0. The van der Waals surface area contributed by atoms with Crippen LogP contribution in [-0.4, -0.2) is 93.6 Å². The predicted molar refractivity (Wildman–Crippen MR) is 198 cm³/mol. The van der Waals surface area contributed by atoms with Crippen molar-refractivity contribution in [3.63, 3.8) is 0 Å². The van der Waals surface area contributed by atoms with Gasteiger partial charge in [0.1, 0.15) is 12.4 Å². The lowest BCUT2D eigenvalue weighted by Crippen LogP contribution is -2.45. The Kier molecular flexibility index (Phi) is 9.47. The number of aromatic nitrogens is 4. The number of carbonyl (C=O) groups excluding carboxylic acids is 1. The Labute approximate surface area is 309 Å². The van der Waals surface area contributed by atoms with Crippen molar-refractivity contribution in [2.75, 3.05) is 35.9 Å². The van der Waals surface area contributed by atoms with Gasteiger partial charge in [-0.1, -0.05) is 45.0 Å². The first-order valence-corrected chi connectivity index (χ1v) is 19.2. The molecule has 2 saturated heterocycles. The lowest BCUT2D eigenvalue weighted by atomic mass is 9.87. The van der Waals surface area contributed by atoms with Crippen LogP contribution < -0.4 is 14.4 Å². The Hall–Kier alpha value is -5.31. The van der Waals surface area contributed by atoms with Crippen LogP contribution in [0.1, 0.15) is 60.8 Å². The highest BCUT2D eigenvalue weighted by Crippen LogP contribution is 2.35. The predicted octanol–water partition coefficient (Wildman–Crippen LogP) is 5.38. The Balaban J connectivity index is 1.29. The summed E-state index contributed by atoms with van der Waals surface area (Å²) in [7, 11) is -4.22. The first-order chi connectivity index (χ1) is 25.1. The van der Waals surface area contributed by atoms with Crippen LogP contribution in [0, 0.1) is 25.2 Å². The SMILES string of the molecule is Cc1cccc(C)c1-c1cc2nc(n1)NS(=O)(=O)c1cccc(c1)C(=O)N(Cc1cncc(N3CCC4CN(C(=O)O)CC43)n1)[C@H](CC(C)(C)C)CO2. The quantitative estimate of drug-likeness (QED) is 0.269. The maximum Gasteiger partial charge on any atom is 0.407 e. The average molecular weight is 741 g/mol. The molecule has 0 aliphatic carbocycles. The highest BCUT2D eigenvalue weighted by molar-refractivity contribution is 7.92. The van der Waals surface area contributed by atoms with E-state index in [-0.39, 0.29) is 52.8 Å². The van der Waals surface area contributed by atoms with Gasteiger partial charge in [-0.15, -0.1) is 0 Å². The number of nitrogens with one attached hydrogen (secondary N) is 1. The molecule has 2 fully saturated rings. The average Bonchev–Trinajstić information content (AvgIpc) is 3.70. The van der Waals surface area contributed by atoms with Crippen LogP contribution in [0.15, 0.2) is 65.8 Å². The normalized spacial score (nSPS) is 21.2. The van der Waals surface area contributed by atoms with Crippen LogP contribution in [0.5, 0.6) is 5.88 Å². The third-order valence-corrected chi connectivity index (χ3v) is 11.5. The maximum absolute atomic E-state index is 14.6. The number of anilines is 2. The first-order valence-electron chi connectivity index (χ1n) is 17.7. The summed E-state index contributed by atoms with van der Waals surface area (Å²) >= 11 is 0. The molecule has 14 nitrogen and oxygen atoms in total. The van der Waals surface area contributed by atoms with E-state index in [1.165, 1.54) is 17.0 Å². The summed E-state index contributed by atoms with van der Waals surface area (Å²) in [5.74, 6) is 0.446. The minimum absolute atomic E-state index is 0.00527. The number of rotatable bonds is 5. The molecule has 0 saturated carbocycles. The molecule has 0 radical (unpaired) electrons. The number of likely N-dealkylation sites (tertiary alicyclic amines) is 1. The molecule has 3 aliphatic rings. The van der Waals surface area contributed by atoms with Gasteiger partial charge in [0.15, 0.2) is 0 Å². The molecule has 7 rings (SSSR count). The van der Waals surface area contributed by atoms with E-state index < -0.39 is 28.1 Å². The molecule has 2 aromatic heterocycles. The van der Waals surface area contributed by atoms with Crippen LogP contribution in [0.25, 0.3) is 11.3 Å². The van der Waals surface area contributed by atoms with E-state index in [0.717, 1.165) is 29.7 Å². The zero-order valence-corrected chi connectivity index (χ0v) is 31.3. The van der Waals surface area contributed by atoms with Crippen LogP contribution >= 0.6 is 0 Å². The molecular formula is C38H44N8O6S. The van der Waals surface area contributed by atoms with Crippen LogP contribution in [0.4, 0.5) is 16.6 Å². The van der Waals surface area contributed by atoms with Crippen molar-refractivity contribution in [1.82, 2.24) is 29.7 Å². The van der Waals surface area contributed by atoms with E-state index in [1.54, 1.807) is 35.5 Å². The number of hydrogen-bond donors (Lipinski definition) is 2. The van der Waals surface area contributed by atoms with Crippen molar-refractivity contribution >= 4 is 33.8 Å². The number of carboxylic acid groups (broad SMARTS) is 1. The lowest BCUT2D eigenvalue weighted by molar-refractivity contribution is 0.0509. The monoisotopic (exact) mass is 740 g/mol. The second kappa shape index (κ2) is 13.9. The Morgan fingerprint density at radius 2 is 1.77 bits per heavy atom. The molecule has 4 aromatic rings. The van der Waals surface area contributed by atoms with E-state index in [4.69, 9.17) is 9.72 Å². The molecule has 278 valence electrons. The van der Waals surface area contributed by atoms with Gasteiger partial charge in [0.25, 0.3) is 15.9 Å².